The second kappa shape index (κ2) is 10.7. The monoisotopic (exact) mass is 504 g/mol. The fourth-order valence-electron chi connectivity index (χ4n) is 5.31. The third-order valence-electron chi connectivity index (χ3n) is 6.75. The molecule has 37 heavy (non-hydrogen) atoms. The van der Waals surface area contributed by atoms with E-state index in [9.17, 15) is 9.59 Å². The van der Waals surface area contributed by atoms with Gasteiger partial charge in [0.05, 0.1) is 11.8 Å². The van der Waals surface area contributed by atoms with Crippen molar-refractivity contribution in [2.75, 3.05) is 0 Å². The van der Waals surface area contributed by atoms with E-state index in [1.54, 1.807) is 0 Å². The van der Waals surface area contributed by atoms with Gasteiger partial charge in [-0.05, 0) is 71.4 Å². The van der Waals surface area contributed by atoms with Crippen molar-refractivity contribution in [1.29, 1.82) is 0 Å². The van der Waals surface area contributed by atoms with Crippen LogP contribution in [0.4, 0.5) is 4.79 Å². The highest BCUT2D eigenvalue weighted by Crippen LogP contribution is 2.38. The Bertz CT molecular complexity index is 1120. The van der Waals surface area contributed by atoms with Crippen molar-refractivity contribution in [1.82, 2.24) is 5.32 Å². The predicted molar refractivity (Wildman–Crippen MR) is 147 cm³/mol. The number of nitrogens with zero attached hydrogens (tertiary/aromatic N) is 1. The number of alkyl carbamates (subject to hydrolysis) is 1. The van der Waals surface area contributed by atoms with Gasteiger partial charge in [0.1, 0.15) is 11.2 Å². The van der Waals surface area contributed by atoms with Gasteiger partial charge in [-0.15, -0.1) is 0 Å². The van der Waals surface area contributed by atoms with E-state index in [0.717, 1.165) is 60.1 Å². The number of hydrogen-bond donors (Lipinski definition) is 1. The van der Waals surface area contributed by atoms with Crippen LogP contribution in [0.5, 0.6) is 0 Å². The van der Waals surface area contributed by atoms with Gasteiger partial charge in [-0.2, -0.15) is 0 Å². The quantitative estimate of drug-likeness (QED) is 0.393. The summed E-state index contributed by atoms with van der Waals surface area (Å²) in [7, 11) is 0. The molecule has 0 unspecified atom stereocenters. The number of fused-ring (bicyclic) bond motifs is 3. The Kier molecular flexibility index (Phi) is 7.77. The molecule has 1 N–H and O–H groups in total. The molecule has 198 valence electrons. The van der Waals surface area contributed by atoms with Crippen LogP contribution in [-0.4, -0.2) is 41.1 Å². The zero-order valence-electron chi connectivity index (χ0n) is 23.0. The molecule has 2 aromatic rings. The lowest BCUT2D eigenvalue weighted by Crippen LogP contribution is -2.53. The topological polar surface area (TPSA) is 77.0 Å². The Morgan fingerprint density at radius 2 is 1.27 bits per heavy atom. The Balaban J connectivity index is 1.81. The molecule has 6 heteroatoms. The lowest BCUT2D eigenvalue weighted by Gasteiger charge is -2.35. The molecule has 2 aliphatic carbocycles. The normalized spacial score (nSPS) is 17.3. The number of benzene rings is 2. The van der Waals surface area contributed by atoms with Gasteiger partial charge >= 0.3 is 12.1 Å². The molecule has 0 heterocycles. The molecule has 0 saturated heterocycles. The first kappa shape index (κ1) is 26.9. The fraction of sp³-hybridized carbons (Fsp3) is 0.516. The molecule has 1 saturated carbocycles. The third kappa shape index (κ3) is 6.60. The minimum atomic E-state index is -0.913. The van der Waals surface area contributed by atoms with E-state index in [1.165, 1.54) is 0 Å². The molecule has 1 amide bonds. The molecule has 0 aliphatic heterocycles. The van der Waals surface area contributed by atoms with Crippen molar-refractivity contribution in [2.24, 2.45) is 10.9 Å². The summed E-state index contributed by atoms with van der Waals surface area (Å²) in [6.07, 6.45) is 4.56. The summed E-state index contributed by atoms with van der Waals surface area (Å²) in [4.78, 5) is 32.0. The molecule has 2 aromatic carbocycles. The molecule has 6 nitrogen and oxygen atoms in total. The summed E-state index contributed by atoms with van der Waals surface area (Å²) >= 11 is 0. The molecule has 0 aromatic heterocycles. The second-order valence-corrected chi connectivity index (χ2v) is 12.1. The zero-order chi connectivity index (χ0) is 26.8. The first-order chi connectivity index (χ1) is 17.4. The number of ether oxygens (including phenoxy) is 2. The van der Waals surface area contributed by atoms with E-state index in [4.69, 9.17) is 14.5 Å². The van der Waals surface area contributed by atoms with Gasteiger partial charge in [0.2, 0.25) is 0 Å². The SMILES string of the molecule is CC(C)(C)OC(=O)N[C@H](C1CCCCC1)[C@H](N=C1c2ccccc2-c2ccccc21)C(=O)OC(C)(C)C. The van der Waals surface area contributed by atoms with Crippen LogP contribution in [0.25, 0.3) is 11.1 Å². The predicted octanol–water partition coefficient (Wildman–Crippen LogP) is 6.69. The van der Waals surface area contributed by atoms with E-state index in [-0.39, 0.29) is 5.92 Å². The van der Waals surface area contributed by atoms with Crippen molar-refractivity contribution >= 4 is 17.8 Å². The van der Waals surface area contributed by atoms with Gasteiger partial charge in [0.15, 0.2) is 6.04 Å². The Hall–Kier alpha value is -3.15. The van der Waals surface area contributed by atoms with Crippen molar-refractivity contribution < 1.29 is 19.1 Å². The maximum atomic E-state index is 13.8. The number of carbonyl (C=O) groups excluding carboxylic acids is 2. The average molecular weight is 505 g/mol. The van der Waals surface area contributed by atoms with Crippen LogP contribution in [0.1, 0.15) is 84.8 Å². The summed E-state index contributed by atoms with van der Waals surface area (Å²) in [6, 6.07) is 14.8. The van der Waals surface area contributed by atoms with Crippen molar-refractivity contribution in [2.45, 2.75) is 96.9 Å². The Morgan fingerprint density at radius 3 is 1.76 bits per heavy atom. The highest BCUT2D eigenvalue weighted by atomic mass is 16.6. The highest BCUT2D eigenvalue weighted by molar-refractivity contribution is 6.24. The highest BCUT2D eigenvalue weighted by Gasteiger charge is 2.40. The number of aliphatic imine (C=N–C) groups is 1. The summed E-state index contributed by atoms with van der Waals surface area (Å²) in [6.45, 7) is 11.1. The molecular weight excluding hydrogens is 464 g/mol. The number of amides is 1. The van der Waals surface area contributed by atoms with Gasteiger partial charge in [0.25, 0.3) is 0 Å². The zero-order valence-corrected chi connectivity index (χ0v) is 23.0. The smallest absolute Gasteiger partial charge is 0.407 e. The van der Waals surface area contributed by atoms with Gasteiger partial charge in [-0.1, -0.05) is 67.8 Å². The molecular formula is C31H40N2O4. The summed E-state index contributed by atoms with van der Waals surface area (Å²) in [5.41, 5.74) is 3.56. The number of hydrogen-bond acceptors (Lipinski definition) is 5. The fourth-order valence-corrected chi connectivity index (χ4v) is 5.31. The van der Waals surface area contributed by atoms with E-state index < -0.39 is 35.3 Å². The maximum Gasteiger partial charge on any atom is 0.407 e. The first-order valence-corrected chi connectivity index (χ1v) is 13.4. The van der Waals surface area contributed by atoms with E-state index in [0.29, 0.717) is 0 Å². The largest absolute Gasteiger partial charge is 0.458 e. The molecule has 0 radical (unpaired) electrons. The lowest BCUT2D eigenvalue weighted by molar-refractivity contribution is -0.157. The standard InChI is InChI=1S/C31H40N2O4/c1-30(2,3)36-28(34)27(25(20-14-8-7-9-15-20)33-29(35)37-31(4,5)6)32-26-23-18-12-10-16-21(23)22-17-11-13-19-24(22)26/h10-13,16-20,25,27H,7-9,14-15H2,1-6H3,(H,33,35)/t25-,27+/m1/s1. The van der Waals surface area contributed by atoms with Gasteiger partial charge in [-0.3, -0.25) is 4.99 Å². The summed E-state index contributed by atoms with van der Waals surface area (Å²) in [5.74, 6) is -0.344. The van der Waals surface area contributed by atoms with Crippen molar-refractivity contribution in [3.8, 4) is 11.1 Å². The van der Waals surface area contributed by atoms with Gasteiger partial charge in [0, 0.05) is 11.1 Å². The van der Waals surface area contributed by atoms with Crippen LogP contribution in [0.3, 0.4) is 0 Å². The minimum Gasteiger partial charge on any atom is -0.458 e. The van der Waals surface area contributed by atoms with E-state index >= 15 is 0 Å². The maximum absolute atomic E-state index is 13.8. The lowest BCUT2D eigenvalue weighted by atomic mass is 9.81. The second-order valence-electron chi connectivity index (χ2n) is 12.1. The van der Waals surface area contributed by atoms with Crippen LogP contribution >= 0.6 is 0 Å². The summed E-state index contributed by atoms with van der Waals surface area (Å²) in [5, 5.41) is 3.06. The van der Waals surface area contributed by atoms with E-state index in [1.807, 2.05) is 77.9 Å². The van der Waals surface area contributed by atoms with Crippen LogP contribution in [-0.2, 0) is 14.3 Å². The van der Waals surface area contributed by atoms with Crippen molar-refractivity contribution in [3.05, 3.63) is 59.7 Å². The molecule has 0 spiro atoms. The van der Waals surface area contributed by atoms with E-state index in [2.05, 4.69) is 17.4 Å². The van der Waals surface area contributed by atoms with Gasteiger partial charge < -0.3 is 14.8 Å². The minimum absolute atomic E-state index is 0.0926. The van der Waals surface area contributed by atoms with Crippen LogP contribution in [0, 0.1) is 5.92 Å². The Labute approximate surface area is 220 Å². The van der Waals surface area contributed by atoms with Crippen molar-refractivity contribution in [3.63, 3.8) is 0 Å². The molecule has 1 fully saturated rings. The molecule has 0 bridgehead atoms. The Morgan fingerprint density at radius 1 is 0.784 bits per heavy atom. The number of esters is 1. The molecule has 2 atom stereocenters. The first-order valence-electron chi connectivity index (χ1n) is 13.4. The van der Waals surface area contributed by atoms with Crippen LogP contribution in [0.2, 0.25) is 0 Å². The molecule has 2 aliphatic rings. The molecule has 4 rings (SSSR count). The van der Waals surface area contributed by atoms with Crippen LogP contribution < -0.4 is 5.32 Å². The third-order valence-corrected chi connectivity index (χ3v) is 6.75. The number of carbonyl (C=O) groups is 2. The number of nitrogens with one attached hydrogen (secondary N) is 1. The summed E-state index contributed by atoms with van der Waals surface area (Å²) < 4.78 is 11.5. The van der Waals surface area contributed by atoms with Gasteiger partial charge in [-0.25, -0.2) is 9.59 Å². The number of rotatable bonds is 5. The van der Waals surface area contributed by atoms with Crippen LogP contribution in [0.15, 0.2) is 53.5 Å². The average Bonchev–Trinajstić information content (AvgIpc) is 3.13.